The van der Waals surface area contributed by atoms with Crippen LogP contribution in [0.4, 0.5) is 0 Å². The van der Waals surface area contributed by atoms with Crippen molar-refractivity contribution in [1.29, 1.82) is 0 Å². The Labute approximate surface area is 131 Å². The zero-order valence-electron chi connectivity index (χ0n) is 14.1. The van der Waals surface area contributed by atoms with Crippen molar-refractivity contribution < 1.29 is 4.79 Å². The molecule has 6 heteroatoms. The van der Waals surface area contributed by atoms with E-state index in [0.717, 1.165) is 29.7 Å². The summed E-state index contributed by atoms with van der Waals surface area (Å²) >= 11 is 0. The Balaban J connectivity index is 2.14. The van der Waals surface area contributed by atoms with Crippen LogP contribution in [0, 0.1) is 6.92 Å². The molecule has 0 aliphatic heterocycles. The first kappa shape index (κ1) is 16.4. The molecular weight excluding hydrogens is 278 g/mol. The number of amides is 1. The number of carbonyl (C=O) groups excluding carboxylic acids is 1. The van der Waals surface area contributed by atoms with Gasteiger partial charge in [0.05, 0.1) is 17.5 Å². The van der Waals surface area contributed by atoms with Crippen molar-refractivity contribution in [2.45, 2.75) is 33.2 Å². The molecule has 0 spiro atoms. The van der Waals surface area contributed by atoms with E-state index in [1.807, 2.05) is 31.8 Å². The lowest BCUT2D eigenvalue weighted by Crippen LogP contribution is -2.27. The smallest absolute Gasteiger partial charge is 0.253 e. The lowest BCUT2D eigenvalue weighted by atomic mass is 10.1. The molecule has 1 N–H and O–H groups in total. The maximum atomic E-state index is 12.3. The van der Waals surface area contributed by atoms with Gasteiger partial charge < -0.3 is 10.2 Å². The molecule has 0 aliphatic rings. The highest BCUT2D eigenvalue weighted by molar-refractivity contribution is 5.98. The van der Waals surface area contributed by atoms with Gasteiger partial charge in [-0.15, -0.1) is 0 Å². The van der Waals surface area contributed by atoms with E-state index < -0.39 is 0 Å². The summed E-state index contributed by atoms with van der Waals surface area (Å²) in [5, 5.41) is 8.21. The third kappa shape index (κ3) is 3.62. The lowest BCUT2D eigenvalue weighted by molar-refractivity contribution is 0.0951. The van der Waals surface area contributed by atoms with E-state index in [9.17, 15) is 4.79 Å². The number of aromatic nitrogens is 3. The van der Waals surface area contributed by atoms with Gasteiger partial charge >= 0.3 is 0 Å². The second kappa shape index (κ2) is 6.87. The Morgan fingerprint density at radius 1 is 1.41 bits per heavy atom. The van der Waals surface area contributed by atoms with Crippen molar-refractivity contribution in [3.05, 3.63) is 23.5 Å². The van der Waals surface area contributed by atoms with E-state index in [4.69, 9.17) is 0 Å². The van der Waals surface area contributed by atoms with Crippen LogP contribution in [0.1, 0.15) is 42.4 Å². The largest absolute Gasteiger partial charge is 0.352 e. The minimum atomic E-state index is -0.0667. The molecular formula is C16H25N5O. The van der Waals surface area contributed by atoms with Crippen molar-refractivity contribution in [2.24, 2.45) is 0 Å². The molecule has 2 aromatic heterocycles. The van der Waals surface area contributed by atoms with E-state index in [2.05, 4.69) is 34.1 Å². The number of hydrogen-bond acceptors (Lipinski definition) is 4. The van der Waals surface area contributed by atoms with Crippen LogP contribution < -0.4 is 5.32 Å². The van der Waals surface area contributed by atoms with E-state index in [1.165, 1.54) is 0 Å². The SMILES string of the molecule is Cc1nc2c(cnn2C(C)C)cc1C(=O)NCCCN(C)C. The van der Waals surface area contributed by atoms with Gasteiger partial charge in [0.25, 0.3) is 5.91 Å². The van der Waals surface area contributed by atoms with Gasteiger partial charge in [-0.1, -0.05) is 0 Å². The van der Waals surface area contributed by atoms with Crippen molar-refractivity contribution in [3.8, 4) is 0 Å². The van der Waals surface area contributed by atoms with Crippen LogP contribution in [-0.4, -0.2) is 52.8 Å². The van der Waals surface area contributed by atoms with Crippen LogP contribution in [0.15, 0.2) is 12.3 Å². The molecule has 0 aromatic carbocycles. The second-order valence-electron chi connectivity index (χ2n) is 6.13. The second-order valence-corrected chi connectivity index (χ2v) is 6.13. The van der Waals surface area contributed by atoms with E-state index in [-0.39, 0.29) is 11.9 Å². The van der Waals surface area contributed by atoms with Crippen LogP contribution in [0.5, 0.6) is 0 Å². The van der Waals surface area contributed by atoms with Crippen molar-refractivity contribution in [2.75, 3.05) is 27.2 Å². The van der Waals surface area contributed by atoms with Gasteiger partial charge in [-0.25, -0.2) is 9.67 Å². The fourth-order valence-corrected chi connectivity index (χ4v) is 2.37. The first-order valence-electron chi connectivity index (χ1n) is 7.68. The highest BCUT2D eigenvalue weighted by Gasteiger charge is 2.14. The van der Waals surface area contributed by atoms with Crippen molar-refractivity contribution >= 4 is 16.9 Å². The highest BCUT2D eigenvalue weighted by Crippen LogP contribution is 2.19. The Morgan fingerprint density at radius 2 is 2.14 bits per heavy atom. The predicted octanol–water partition coefficient (Wildman–Crippen LogP) is 2.00. The molecule has 0 radical (unpaired) electrons. The normalized spacial score (nSPS) is 11.6. The van der Waals surface area contributed by atoms with E-state index in [1.54, 1.807) is 6.20 Å². The Hall–Kier alpha value is -1.95. The molecule has 0 fully saturated rings. The molecule has 0 saturated carbocycles. The zero-order valence-corrected chi connectivity index (χ0v) is 14.1. The summed E-state index contributed by atoms with van der Waals surface area (Å²) in [6, 6.07) is 2.13. The molecule has 0 unspecified atom stereocenters. The standard InChI is InChI=1S/C16H25N5O/c1-11(2)21-15-13(10-18-21)9-14(12(3)19-15)16(22)17-7-6-8-20(4)5/h9-11H,6-8H2,1-5H3,(H,17,22). The zero-order chi connectivity index (χ0) is 16.3. The Morgan fingerprint density at radius 3 is 2.77 bits per heavy atom. The van der Waals surface area contributed by atoms with Gasteiger partial charge in [-0.3, -0.25) is 4.79 Å². The Bertz CT molecular complexity index is 660. The van der Waals surface area contributed by atoms with Crippen molar-refractivity contribution in [3.63, 3.8) is 0 Å². The number of carbonyl (C=O) groups is 1. The minimum absolute atomic E-state index is 0.0667. The molecule has 6 nitrogen and oxygen atoms in total. The molecule has 2 aromatic rings. The molecule has 120 valence electrons. The summed E-state index contributed by atoms with van der Waals surface area (Å²) < 4.78 is 1.88. The minimum Gasteiger partial charge on any atom is -0.352 e. The van der Waals surface area contributed by atoms with Crippen LogP contribution in [0.25, 0.3) is 11.0 Å². The van der Waals surface area contributed by atoms with Gasteiger partial charge in [-0.2, -0.15) is 5.10 Å². The summed E-state index contributed by atoms with van der Waals surface area (Å²) in [4.78, 5) is 19.0. The summed E-state index contributed by atoms with van der Waals surface area (Å²) in [5.41, 5.74) is 2.19. The maximum Gasteiger partial charge on any atom is 0.253 e. The quantitative estimate of drug-likeness (QED) is 0.829. The predicted molar refractivity (Wildman–Crippen MR) is 88.2 cm³/mol. The molecule has 0 atom stereocenters. The van der Waals surface area contributed by atoms with Gasteiger partial charge in [0, 0.05) is 18.0 Å². The molecule has 2 heterocycles. The summed E-state index contributed by atoms with van der Waals surface area (Å²) in [6.45, 7) is 7.62. The maximum absolute atomic E-state index is 12.3. The molecule has 0 aliphatic carbocycles. The number of nitrogens with zero attached hydrogens (tertiary/aromatic N) is 4. The van der Waals surface area contributed by atoms with Crippen molar-refractivity contribution in [1.82, 2.24) is 25.0 Å². The fourth-order valence-electron chi connectivity index (χ4n) is 2.37. The molecule has 0 bridgehead atoms. The molecule has 0 saturated heterocycles. The van der Waals surface area contributed by atoms with Gasteiger partial charge in [0.2, 0.25) is 0 Å². The number of nitrogens with one attached hydrogen (secondary N) is 1. The third-order valence-corrected chi connectivity index (χ3v) is 3.56. The average Bonchev–Trinajstić information content (AvgIpc) is 2.85. The monoisotopic (exact) mass is 303 g/mol. The first-order valence-corrected chi connectivity index (χ1v) is 7.68. The first-order chi connectivity index (χ1) is 10.4. The summed E-state index contributed by atoms with van der Waals surface area (Å²) in [7, 11) is 4.05. The summed E-state index contributed by atoms with van der Waals surface area (Å²) in [6.07, 6.45) is 2.70. The number of rotatable bonds is 6. The van der Waals surface area contributed by atoms with Gasteiger partial charge in [-0.05, 0) is 53.9 Å². The van der Waals surface area contributed by atoms with Gasteiger partial charge in [0.1, 0.15) is 0 Å². The lowest BCUT2D eigenvalue weighted by Gasteiger charge is -2.11. The van der Waals surface area contributed by atoms with Crippen LogP contribution >= 0.6 is 0 Å². The number of aryl methyl sites for hydroxylation is 1. The molecule has 1 amide bonds. The van der Waals surface area contributed by atoms with Crippen LogP contribution in [0.2, 0.25) is 0 Å². The number of hydrogen-bond donors (Lipinski definition) is 1. The van der Waals surface area contributed by atoms with E-state index >= 15 is 0 Å². The van der Waals surface area contributed by atoms with Gasteiger partial charge in [0.15, 0.2) is 5.65 Å². The van der Waals surface area contributed by atoms with E-state index in [0.29, 0.717) is 12.1 Å². The van der Waals surface area contributed by atoms with Crippen LogP contribution in [0.3, 0.4) is 0 Å². The number of fused-ring (bicyclic) bond motifs is 1. The fraction of sp³-hybridized carbons (Fsp3) is 0.562. The van der Waals surface area contributed by atoms with Crippen LogP contribution in [-0.2, 0) is 0 Å². The number of pyridine rings is 1. The Kier molecular flexibility index (Phi) is 5.13. The average molecular weight is 303 g/mol. The summed E-state index contributed by atoms with van der Waals surface area (Å²) in [5.74, 6) is -0.0667. The molecule has 22 heavy (non-hydrogen) atoms. The highest BCUT2D eigenvalue weighted by atomic mass is 16.1. The third-order valence-electron chi connectivity index (χ3n) is 3.56. The topological polar surface area (TPSA) is 63.1 Å². The molecule has 2 rings (SSSR count).